The SMILES string of the molecule is CCOC(=O)[C@@H]1C(=O)NC(N2CCN(C(c3ccccc3)c3ccccc3)CC2)=N[C@H]1c1ccc([N+](=O)[O-])cc1. The molecule has 2 heterocycles. The highest BCUT2D eigenvalue weighted by molar-refractivity contribution is 6.08. The van der Waals surface area contributed by atoms with E-state index in [0.717, 1.165) is 13.1 Å². The zero-order chi connectivity index (χ0) is 28.1. The number of nitrogens with one attached hydrogen (secondary N) is 1. The van der Waals surface area contributed by atoms with Crippen molar-refractivity contribution in [2.75, 3.05) is 32.8 Å². The topological polar surface area (TPSA) is 117 Å². The van der Waals surface area contributed by atoms with Crippen molar-refractivity contribution in [3.05, 3.63) is 112 Å². The average molecular weight is 542 g/mol. The third-order valence-electron chi connectivity index (χ3n) is 7.29. The molecule has 0 unspecified atom stereocenters. The molecule has 10 nitrogen and oxygen atoms in total. The molecule has 2 atom stereocenters. The molecule has 0 bridgehead atoms. The molecular weight excluding hydrogens is 510 g/mol. The maximum atomic E-state index is 13.2. The quantitative estimate of drug-likeness (QED) is 0.210. The van der Waals surface area contributed by atoms with Crippen LogP contribution in [0.5, 0.6) is 0 Å². The number of aliphatic imine (C=N–C) groups is 1. The number of hydrogen-bond donors (Lipinski definition) is 1. The summed E-state index contributed by atoms with van der Waals surface area (Å²) in [4.78, 5) is 45.9. The Kier molecular flexibility index (Phi) is 8.16. The fourth-order valence-corrected chi connectivity index (χ4v) is 5.34. The van der Waals surface area contributed by atoms with Crippen molar-refractivity contribution in [3.63, 3.8) is 0 Å². The van der Waals surface area contributed by atoms with Crippen molar-refractivity contribution >= 4 is 23.5 Å². The number of nitro groups is 1. The highest BCUT2D eigenvalue weighted by Crippen LogP contribution is 2.33. The van der Waals surface area contributed by atoms with Crippen LogP contribution in [0.1, 0.15) is 35.7 Å². The monoisotopic (exact) mass is 541 g/mol. The molecule has 5 rings (SSSR count). The Morgan fingerprint density at radius 1 is 0.975 bits per heavy atom. The van der Waals surface area contributed by atoms with Crippen molar-refractivity contribution in [2.45, 2.75) is 19.0 Å². The third kappa shape index (κ3) is 5.72. The highest BCUT2D eigenvalue weighted by Gasteiger charge is 2.42. The van der Waals surface area contributed by atoms with Gasteiger partial charge in [0.15, 0.2) is 5.92 Å². The van der Waals surface area contributed by atoms with Gasteiger partial charge in [-0.1, -0.05) is 72.8 Å². The van der Waals surface area contributed by atoms with Crippen LogP contribution in [0.2, 0.25) is 0 Å². The lowest BCUT2D eigenvalue weighted by molar-refractivity contribution is -0.384. The van der Waals surface area contributed by atoms with Crippen LogP contribution in [0, 0.1) is 16.0 Å². The normalized spacial score (nSPS) is 19.6. The molecule has 0 aliphatic carbocycles. The number of esters is 1. The number of carbonyl (C=O) groups excluding carboxylic acids is 2. The number of amides is 1. The van der Waals surface area contributed by atoms with Crippen LogP contribution in [0.15, 0.2) is 89.9 Å². The number of benzene rings is 3. The van der Waals surface area contributed by atoms with Crippen LogP contribution in [0.3, 0.4) is 0 Å². The van der Waals surface area contributed by atoms with Crippen molar-refractivity contribution < 1.29 is 19.2 Å². The summed E-state index contributed by atoms with van der Waals surface area (Å²) in [5.41, 5.74) is 2.87. The summed E-state index contributed by atoms with van der Waals surface area (Å²) >= 11 is 0. The summed E-state index contributed by atoms with van der Waals surface area (Å²) in [6.07, 6.45) is 0. The minimum atomic E-state index is -1.19. The number of piperazine rings is 1. The molecular formula is C30H31N5O5. The smallest absolute Gasteiger partial charge is 0.321 e. The molecule has 0 radical (unpaired) electrons. The minimum Gasteiger partial charge on any atom is -0.465 e. The Hall–Kier alpha value is -4.57. The zero-order valence-corrected chi connectivity index (χ0v) is 22.2. The molecule has 40 heavy (non-hydrogen) atoms. The Morgan fingerprint density at radius 2 is 1.55 bits per heavy atom. The number of non-ortho nitro benzene ring substituents is 1. The van der Waals surface area contributed by atoms with Crippen LogP contribution in [-0.2, 0) is 14.3 Å². The molecule has 1 amide bonds. The van der Waals surface area contributed by atoms with Gasteiger partial charge in [-0.05, 0) is 23.6 Å². The van der Waals surface area contributed by atoms with Crippen LogP contribution in [0.25, 0.3) is 0 Å². The summed E-state index contributed by atoms with van der Waals surface area (Å²) in [5, 5.41) is 14.0. The molecule has 1 saturated heterocycles. The molecule has 2 aliphatic rings. The third-order valence-corrected chi connectivity index (χ3v) is 7.29. The first-order valence-corrected chi connectivity index (χ1v) is 13.3. The molecule has 10 heteroatoms. The molecule has 1 N–H and O–H groups in total. The van der Waals surface area contributed by atoms with Gasteiger partial charge < -0.3 is 9.64 Å². The van der Waals surface area contributed by atoms with Crippen molar-refractivity contribution in [1.82, 2.24) is 15.1 Å². The van der Waals surface area contributed by atoms with Gasteiger partial charge in [0.05, 0.1) is 17.6 Å². The number of rotatable bonds is 7. The Labute approximate surface area is 232 Å². The van der Waals surface area contributed by atoms with Crippen molar-refractivity contribution in [2.24, 2.45) is 10.9 Å². The largest absolute Gasteiger partial charge is 0.465 e. The van der Waals surface area contributed by atoms with Gasteiger partial charge in [-0.25, -0.2) is 4.99 Å². The predicted octanol–water partition coefficient (Wildman–Crippen LogP) is 3.71. The lowest BCUT2D eigenvalue weighted by atomic mass is 9.91. The molecule has 0 aromatic heterocycles. The van der Waals surface area contributed by atoms with E-state index in [1.807, 2.05) is 41.3 Å². The molecule has 1 fully saturated rings. The van der Waals surface area contributed by atoms with E-state index in [-0.39, 0.29) is 18.3 Å². The van der Waals surface area contributed by atoms with E-state index in [4.69, 9.17) is 9.73 Å². The Morgan fingerprint density at radius 3 is 2.08 bits per heavy atom. The summed E-state index contributed by atoms with van der Waals surface area (Å²) in [5.74, 6) is -1.97. The molecule has 3 aromatic carbocycles. The number of guanidine groups is 1. The van der Waals surface area contributed by atoms with E-state index >= 15 is 0 Å². The van der Waals surface area contributed by atoms with Gasteiger partial charge in [0.25, 0.3) is 5.69 Å². The van der Waals surface area contributed by atoms with E-state index < -0.39 is 28.8 Å². The van der Waals surface area contributed by atoms with Crippen LogP contribution in [-0.4, -0.2) is 65.3 Å². The van der Waals surface area contributed by atoms with Gasteiger partial charge in [-0.2, -0.15) is 0 Å². The van der Waals surface area contributed by atoms with E-state index in [1.165, 1.54) is 35.4 Å². The van der Waals surface area contributed by atoms with Gasteiger partial charge in [0.2, 0.25) is 11.9 Å². The van der Waals surface area contributed by atoms with Crippen LogP contribution in [0.4, 0.5) is 5.69 Å². The lowest BCUT2D eigenvalue weighted by Crippen LogP contribution is -2.57. The first-order chi connectivity index (χ1) is 19.5. The predicted molar refractivity (Wildman–Crippen MR) is 149 cm³/mol. The number of carbonyl (C=O) groups is 2. The van der Waals surface area contributed by atoms with Gasteiger partial charge in [0.1, 0.15) is 6.04 Å². The molecule has 2 aliphatic heterocycles. The van der Waals surface area contributed by atoms with Gasteiger partial charge in [0, 0.05) is 38.3 Å². The standard InChI is InChI=1S/C30H31N5O5/c1-2-40-29(37)25-26(21-13-15-24(16-14-21)35(38)39)31-30(32-28(25)36)34-19-17-33(18-20-34)27(22-9-5-3-6-10-22)23-11-7-4-8-12-23/h3-16,25-27H,2,17-20H2,1H3,(H,31,32,36)/t25-,26-/m0/s1. The van der Waals surface area contributed by atoms with Crippen molar-refractivity contribution in [1.29, 1.82) is 0 Å². The Bertz CT molecular complexity index is 1330. The number of ether oxygens (including phenoxy) is 1. The van der Waals surface area contributed by atoms with Crippen LogP contribution < -0.4 is 5.32 Å². The Balaban J connectivity index is 1.39. The van der Waals surface area contributed by atoms with Crippen LogP contribution >= 0.6 is 0 Å². The van der Waals surface area contributed by atoms with Gasteiger partial charge in [-0.3, -0.25) is 29.9 Å². The number of nitro benzene ring substituents is 1. The average Bonchev–Trinajstić information content (AvgIpc) is 2.98. The van der Waals surface area contributed by atoms with E-state index in [2.05, 4.69) is 34.5 Å². The summed E-state index contributed by atoms with van der Waals surface area (Å²) in [7, 11) is 0. The van der Waals surface area contributed by atoms with Gasteiger partial charge in [-0.15, -0.1) is 0 Å². The van der Waals surface area contributed by atoms with Crippen molar-refractivity contribution in [3.8, 4) is 0 Å². The second-order valence-corrected chi connectivity index (χ2v) is 9.71. The van der Waals surface area contributed by atoms with Gasteiger partial charge >= 0.3 is 5.97 Å². The minimum absolute atomic E-state index is 0.0802. The summed E-state index contributed by atoms with van der Waals surface area (Å²) < 4.78 is 5.17. The summed E-state index contributed by atoms with van der Waals surface area (Å²) in [6.45, 7) is 4.49. The zero-order valence-electron chi connectivity index (χ0n) is 22.2. The molecule has 0 spiro atoms. The summed E-state index contributed by atoms with van der Waals surface area (Å²) in [6, 6.07) is 25.8. The highest BCUT2D eigenvalue weighted by atomic mass is 16.6. The number of nitrogens with zero attached hydrogens (tertiary/aromatic N) is 4. The lowest BCUT2D eigenvalue weighted by Gasteiger charge is -2.42. The maximum Gasteiger partial charge on any atom is 0.321 e. The van der Waals surface area contributed by atoms with E-state index in [9.17, 15) is 19.7 Å². The maximum absolute atomic E-state index is 13.2. The molecule has 206 valence electrons. The first kappa shape index (κ1) is 27.0. The van der Waals surface area contributed by atoms with E-state index in [0.29, 0.717) is 24.6 Å². The fraction of sp³-hybridized carbons (Fsp3) is 0.300. The van der Waals surface area contributed by atoms with E-state index in [1.54, 1.807) is 6.92 Å². The molecule has 3 aromatic rings. The second-order valence-electron chi connectivity index (χ2n) is 9.71. The number of hydrogen-bond acceptors (Lipinski definition) is 8. The fourth-order valence-electron chi connectivity index (χ4n) is 5.34. The molecule has 0 saturated carbocycles. The second kappa shape index (κ2) is 12.1. The first-order valence-electron chi connectivity index (χ1n) is 13.3.